The fourth-order valence-corrected chi connectivity index (χ4v) is 3.92. The zero-order valence-electron chi connectivity index (χ0n) is 12.6. The molecular weight excluding hydrogens is 288 g/mol. The third kappa shape index (κ3) is 4.88. The Morgan fingerprint density at radius 1 is 1.33 bits per heavy atom. The maximum absolute atomic E-state index is 12.1. The van der Waals surface area contributed by atoms with Crippen molar-refractivity contribution in [3.8, 4) is 0 Å². The number of hydrogen-bond donors (Lipinski definition) is 2. The molecule has 0 radical (unpaired) electrons. The lowest BCUT2D eigenvalue weighted by Gasteiger charge is -2.23. The van der Waals surface area contributed by atoms with Crippen molar-refractivity contribution < 1.29 is 14.7 Å². The summed E-state index contributed by atoms with van der Waals surface area (Å²) in [7, 11) is 0. The van der Waals surface area contributed by atoms with Crippen molar-refractivity contribution in [2.45, 2.75) is 44.6 Å². The SMILES string of the molecule is O=C(NCCSCCCO)C1CC(=O)N(C2CCCC2)C1. The minimum Gasteiger partial charge on any atom is -0.396 e. The molecule has 5 nitrogen and oxygen atoms in total. The molecule has 0 aromatic carbocycles. The fraction of sp³-hybridized carbons (Fsp3) is 0.867. The lowest BCUT2D eigenvalue weighted by molar-refractivity contribution is -0.130. The third-order valence-electron chi connectivity index (χ3n) is 4.29. The van der Waals surface area contributed by atoms with E-state index < -0.39 is 0 Å². The summed E-state index contributed by atoms with van der Waals surface area (Å²) in [5, 5.41) is 11.6. The van der Waals surface area contributed by atoms with E-state index in [1.807, 2.05) is 4.90 Å². The monoisotopic (exact) mass is 314 g/mol. The van der Waals surface area contributed by atoms with Crippen LogP contribution in [0.4, 0.5) is 0 Å². The lowest BCUT2D eigenvalue weighted by Crippen LogP contribution is -2.37. The average Bonchev–Trinajstić information content (AvgIpc) is 3.11. The normalized spacial score (nSPS) is 23.0. The summed E-state index contributed by atoms with van der Waals surface area (Å²) < 4.78 is 0. The number of carbonyl (C=O) groups is 2. The van der Waals surface area contributed by atoms with Gasteiger partial charge in [0.05, 0.1) is 5.92 Å². The predicted octanol–water partition coefficient (Wildman–Crippen LogP) is 1.01. The largest absolute Gasteiger partial charge is 0.396 e. The number of aliphatic hydroxyl groups is 1. The molecule has 0 aromatic heterocycles. The summed E-state index contributed by atoms with van der Waals surface area (Å²) in [6.07, 6.45) is 5.78. The van der Waals surface area contributed by atoms with Gasteiger partial charge in [-0.25, -0.2) is 0 Å². The quantitative estimate of drug-likeness (QED) is 0.656. The molecule has 2 aliphatic rings. The highest BCUT2D eigenvalue weighted by Crippen LogP contribution is 2.29. The van der Waals surface area contributed by atoms with Crippen molar-refractivity contribution in [3.05, 3.63) is 0 Å². The first kappa shape index (κ1) is 16.6. The molecule has 1 heterocycles. The van der Waals surface area contributed by atoms with Crippen LogP contribution in [-0.2, 0) is 9.59 Å². The van der Waals surface area contributed by atoms with E-state index in [4.69, 9.17) is 5.11 Å². The molecule has 0 bridgehead atoms. The summed E-state index contributed by atoms with van der Waals surface area (Å²) in [5.74, 6) is 1.79. The number of likely N-dealkylation sites (tertiary alicyclic amines) is 1. The van der Waals surface area contributed by atoms with Crippen molar-refractivity contribution in [2.24, 2.45) is 5.92 Å². The first-order chi connectivity index (χ1) is 10.2. The Bertz CT molecular complexity index is 359. The van der Waals surface area contributed by atoms with Crippen LogP contribution in [0.15, 0.2) is 0 Å². The maximum Gasteiger partial charge on any atom is 0.225 e. The molecule has 0 aromatic rings. The minimum atomic E-state index is -0.166. The van der Waals surface area contributed by atoms with Gasteiger partial charge in [0, 0.05) is 37.9 Å². The summed E-state index contributed by atoms with van der Waals surface area (Å²) in [5.41, 5.74) is 0. The molecule has 6 heteroatoms. The summed E-state index contributed by atoms with van der Waals surface area (Å²) >= 11 is 1.73. The molecule has 1 saturated heterocycles. The van der Waals surface area contributed by atoms with Gasteiger partial charge in [0.2, 0.25) is 11.8 Å². The second-order valence-corrected chi connectivity index (χ2v) is 7.09. The van der Waals surface area contributed by atoms with E-state index in [1.54, 1.807) is 11.8 Å². The van der Waals surface area contributed by atoms with Gasteiger partial charge in [-0.1, -0.05) is 12.8 Å². The van der Waals surface area contributed by atoms with Gasteiger partial charge in [-0.2, -0.15) is 11.8 Å². The van der Waals surface area contributed by atoms with Gasteiger partial charge in [0.1, 0.15) is 0 Å². The van der Waals surface area contributed by atoms with Gasteiger partial charge in [-0.05, 0) is 25.0 Å². The van der Waals surface area contributed by atoms with Crippen LogP contribution >= 0.6 is 11.8 Å². The zero-order valence-corrected chi connectivity index (χ0v) is 13.4. The summed E-state index contributed by atoms with van der Waals surface area (Å²) in [4.78, 5) is 26.1. The van der Waals surface area contributed by atoms with Crippen LogP contribution in [0.5, 0.6) is 0 Å². The smallest absolute Gasteiger partial charge is 0.225 e. The van der Waals surface area contributed by atoms with Crippen LogP contribution in [0.3, 0.4) is 0 Å². The predicted molar refractivity (Wildman–Crippen MR) is 84.1 cm³/mol. The zero-order chi connectivity index (χ0) is 15.1. The highest BCUT2D eigenvalue weighted by molar-refractivity contribution is 7.99. The Labute approximate surface area is 130 Å². The van der Waals surface area contributed by atoms with Gasteiger partial charge in [-0.3, -0.25) is 9.59 Å². The van der Waals surface area contributed by atoms with Crippen LogP contribution in [-0.4, -0.2) is 59.1 Å². The number of hydrogen-bond acceptors (Lipinski definition) is 4. The van der Waals surface area contributed by atoms with Gasteiger partial charge in [0.25, 0.3) is 0 Å². The Kier molecular flexibility index (Phi) is 6.83. The molecule has 1 unspecified atom stereocenters. The van der Waals surface area contributed by atoms with Crippen molar-refractivity contribution >= 4 is 23.6 Å². The van der Waals surface area contributed by atoms with Crippen LogP contribution < -0.4 is 5.32 Å². The number of aliphatic hydroxyl groups excluding tert-OH is 1. The van der Waals surface area contributed by atoms with E-state index in [2.05, 4.69) is 5.32 Å². The van der Waals surface area contributed by atoms with Gasteiger partial charge in [-0.15, -0.1) is 0 Å². The number of amides is 2. The third-order valence-corrected chi connectivity index (χ3v) is 5.36. The molecule has 1 saturated carbocycles. The van der Waals surface area contributed by atoms with E-state index in [1.165, 1.54) is 12.8 Å². The van der Waals surface area contributed by atoms with Crippen LogP contribution in [0.2, 0.25) is 0 Å². The summed E-state index contributed by atoms with van der Waals surface area (Å²) in [6.45, 7) is 1.47. The number of carbonyl (C=O) groups excluding carboxylic acids is 2. The second-order valence-electron chi connectivity index (χ2n) is 5.87. The molecule has 21 heavy (non-hydrogen) atoms. The minimum absolute atomic E-state index is 0.0200. The van der Waals surface area contributed by atoms with Crippen molar-refractivity contribution in [1.82, 2.24) is 10.2 Å². The van der Waals surface area contributed by atoms with E-state index >= 15 is 0 Å². The standard InChI is InChI=1S/C15H26N2O3S/c18-7-3-8-21-9-6-16-15(20)12-10-14(19)17(11-12)13-4-1-2-5-13/h12-13,18H,1-11H2,(H,16,20). The summed E-state index contributed by atoms with van der Waals surface area (Å²) in [6, 6.07) is 0.379. The average molecular weight is 314 g/mol. The van der Waals surface area contributed by atoms with Gasteiger partial charge in [0.15, 0.2) is 0 Å². The highest BCUT2D eigenvalue weighted by Gasteiger charge is 2.38. The van der Waals surface area contributed by atoms with Crippen LogP contribution in [0.25, 0.3) is 0 Å². The van der Waals surface area contributed by atoms with E-state index in [9.17, 15) is 9.59 Å². The second kappa shape index (κ2) is 8.63. The molecule has 1 atom stereocenters. The van der Waals surface area contributed by atoms with Crippen molar-refractivity contribution in [1.29, 1.82) is 0 Å². The molecule has 2 amide bonds. The number of nitrogens with zero attached hydrogens (tertiary/aromatic N) is 1. The Hall–Kier alpha value is -0.750. The van der Waals surface area contributed by atoms with Gasteiger partial charge >= 0.3 is 0 Å². The van der Waals surface area contributed by atoms with Crippen molar-refractivity contribution in [2.75, 3.05) is 31.2 Å². The van der Waals surface area contributed by atoms with E-state index in [0.717, 1.165) is 30.8 Å². The number of rotatable bonds is 8. The molecule has 120 valence electrons. The first-order valence-corrected chi connectivity index (χ1v) is 9.13. The molecule has 2 N–H and O–H groups in total. The lowest BCUT2D eigenvalue weighted by atomic mass is 10.1. The van der Waals surface area contributed by atoms with E-state index in [-0.39, 0.29) is 24.3 Å². The molecular formula is C15H26N2O3S. The topological polar surface area (TPSA) is 69.6 Å². The number of thioether (sulfide) groups is 1. The Morgan fingerprint density at radius 3 is 2.81 bits per heavy atom. The molecule has 1 aliphatic heterocycles. The molecule has 2 rings (SSSR count). The van der Waals surface area contributed by atoms with Gasteiger partial charge < -0.3 is 15.3 Å². The fourth-order valence-electron chi connectivity index (χ4n) is 3.14. The highest BCUT2D eigenvalue weighted by atomic mass is 32.2. The first-order valence-electron chi connectivity index (χ1n) is 7.98. The van der Waals surface area contributed by atoms with Crippen molar-refractivity contribution in [3.63, 3.8) is 0 Å². The van der Waals surface area contributed by atoms with Crippen LogP contribution in [0, 0.1) is 5.92 Å². The van der Waals surface area contributed by atoms with E-state index in [0.29, 0.717) is 25.6 Å². The molecule has 2 fully saturated rings. The number of nitrogens with one attached hydrogen (secondary N) is 1. The van der Waals surface area contributed by atoms with Crippen LogP contribution in [0.1, 0.15) is 38.5 Å². The molecule has 0 spiro atoms. The Morgan fingerprint density at radius 2 is 2.10 bits per heavy atom. The maximum atomic E-state index is 12.1. The molecule has 1 aliphatic carbocycles. The Balaban J connectivity index is 1.65.